The lowest BCUT2D eigenvalue weighted by atomic mass is 9.81. The Balaban J connectivity index is 1.61. The molecule has 0 amide bonds. The monoisotopic (exact) mass is 369 g/mol. The lowest BCUT2D eigenvalue weighted by Gasteiger charge is -2.25. The van der Waals surface area contributed by atoms with Crippen molar-refractivity contribution in [3.05, 3.63) is 76.6 Å². The van der Waals surface area contributed by atoms with Crippen molar-refractivity contribution in [1.82, 2.24) is 14.4 Å². The third-order valence-corrected chi connectivity index (χ3v) is 5.99. The van der Waals surface area contributed by atoms with Crippen molar-refractivity contribution in [1.29, 1.82) is 0 Å². The van der Waals surface area contributed by atoms with E-state index in [1.165, 1.54) is 11.1 Å². The Bertz CT molecular complexity index is 1220. The molecule has 4 nitrogen and oxygen atoms in total. The molecule has 0 spiro atoms. The van der Waals surface area contributed by atoms with E-state index in [0.29, 0.717) is 18.1 Å². The molecular weight excluding hydrogens is 346 g/mol. The first-order chi connectivity index (χ1) is 13.5. The third kappa shape index (κ3) is 2.55. The molecule has 2 heterocycles. The molecule has 4 aromatic rings. The largest absolute Gasteiger partial charge is 0.294 e. The van der Waals surface area contributed by atoms with Crippen molar-refractivity contribution in [2.45, 2.75) is 45.4 Å². The summed E-state index contributed by atoms with van der Waals surface area (Å²) in [7, 11) is 0. The summed E-state index contributed by atoms with van der Waals surface area (Å²) in [6.07, 6.45) is 1.32. The molecule has 0 saturated heterocycles. The molecule has 0 N–H and O–H groups in total. The van der Waals surface area contributed by atoms with Crippen LogP contribution >= 0.6 is 0 Å². The summed E-state index contributed by atoms with van der Waals surface area (Å²) < 4.78 is 2.02. The van der Waals surface area contributed by atoms with Crippen LogP contribution in [0.15, 0.2) is 48.5 Å². The number of imidazole rings is 1. The summed E-state index contributed by atoms with van der Waals surface area (Å²) in [4.78, 5) is 22.6. The van der Waals surface area contributed by atoms with Gasteiger partial charge >= 0.3 is 0 Å². The first-order valence-electron chi connectivity index (χ1n) is 9.92. The van der Waals surface area contributed by atoms with E-state index >= 15 is 0 Å². The van der Waals surface area contributed by atoms with Gasteiger partial charge in [0.2, 0.25) is 5.78 Å². The fraction of sp³-hybridized carbons (Fsp3) is 0.292. The number of aryl methyl sites for hydroxylation is 1. The topological polar surface area (TPSA) is 47.3 Å². The van der Waals surface area contributed by atoms with Gasteiger partial charge in [-0.25, -0.2) is 9.97 Å². The minimum absolute atomic E-state index is 0.181. The number of nitrogens with zero attached hydrogens (tertiary/aromatic N) is 3. The van der Waals surface area contributed by atoms with Crippen molar-refractivity contribution in [3.63, 3.8) is 0 Å². The van der Waals surface area contributed by atoms with Gasteiger partial charge in [0.1, 0.15) is 0 Å². The zero-order valence-corrected chi connectivity index (χ0v) is 16.4. The molecule has 28 heavy (non-hydrogen) atoms. The Hall–Kier alpha value is -3.01. The average molecular weight is 369 g/mol. The van der Waals surface area contributed by atoms with Gasteiger partial charge in [-0.3, -0.25) is 9.20 Å². The molecule has 1 atom stereocenters. The van der Waals surface area contributed by atoms with Crippen molar-refractivity contribution < 1.29 is 4.79 Å². The zero-order valence-electron chi connectivity index (χ0n) is 16.4. The van der Waals surface area contributed by atoms with Gasteiger partial charge in [0.05, 0.1) is 22.3 Å². The highest BCUT2D eigenvalue weighted by Crippen LogP contribution is 2.34. The van der Waals surface area contributed by atoms with Gasteiger partial charge in [-0.05, 0) is 48.4 Å². The van der Waals surface area contributed by atoms with Crippen LogP contribution in [-0.2, 0) is 6.42 Å². The van der Waals surface area contributed by atoms with E-state index in [9.17, 15) is 4.79 Å². The molecule has 140 valence electrons. The molecule has 0 saturated carbocycles. The summed E-state index contributed by atoms with van der Waals surface area (Å²) in [6.45, 7) is 6.40. The van der Waals surface area contributed by atoms with Gasteiger partial charge in [0, 0.05) is 12.1 Å². The van der Waals surface area contributed by atoms with Gasteiger partial charge in [-0.15, -0.1) is 0 Å². The second-order valence-corrected chi connectivity index (χ2v) is 8.10. The van der Waals surface area contributed by atoms with Gasteiger partial charge in [-0.2, -0.15) is 0 Å². The Labute approximate surface area is 164 Å². The number of hydrogen-bond donors (Lipinski definition) is 0. The third-order valence-electron chi connectivity index (χ3n) is 5.99. The highest BCUT2D eigenvalue weighted by Gasteiger charge is 2.30. The molecule has 2 aromatic carbocycles. The fourth-order valence-corrected chi connectivity index (χ4v) is 4.45. The minimum atomic E-state index is 0.181. The second-order valence-electron chi connectivity index (χ2n) is 8.10. The molecule has 2 aromatic heterocycles. The van der Waals surface area contributed by atoms with Gasteiger partial charge in [-0.1, -0.05) is 50.2 Å². The van der Waals surface area contributed by atoms with E-state index in [4.69, 9.17) is 4.98 Å². The fourth-order valence-electron chi connectivity index (χ4n) is 4.45. The number of rotatable bonds is 2. The van der Waals surface area contributed by atoms with E-state index in [2.05, 4.69) is 43.1 Å². The van der Waals surface area contributed by atoms with Crippen LogP contribution in [0.1, 0.15) is 65.0 Å². The Kier molecular flexibility index (Phi) is 3.83. The summed E-state index contributed by atoms with van der Waals surface area (Å²) in [5, 5.41) is 0. The van der Waals surface area contributed by atoms with Crippen molar-refractivity contribution in [2.75, 3.05) is 0 Å². The van der Waals surface area contributed by atoms with Crippen LogP contribution in [-0.4, -0.2) is 20.2 Å². The maximum absolute atomic E-state index is 13.1. The van der Waals surface area contributed by atoms with Crippen LogP contribution in [0.5, 0.6) is 0 Å². The number of fused-ring (bicyclic) bond motifs is 4. The summed E-state index contributed by atoms with van der Waals surface area (Å²) in [6, 6.07) is 16.7. The highest BCUT2D eigenvalue weighted by atomic mass is 16.1. The van der Waals surface area contributed by atoms with Crippen LogP contribution in [0, 0.1) is 6.92 Å². The molecule has 0 radical (unpaired) electrons. The highest BCUT2D eigenvalue weighted by molar-refractivity contribution is 6.00. The smallest absolute Gasteiger partial charge is 0.235 e. The molecule has 1 aliphatic carbocycles. The van der Waals surface area contributed by atoms with Crippen molar-refractivity contribution in [2.24, 2.45) is 0 Å². The van der Waals surface area contributed by atoms with Crippen molar-refractivity contribution in [3.8, 4) is 0 Å². The van der Waals surface area contributed by atoms with Crippen LogP contribution in [0.25, 0.3) is 16.8 Å². The zero-order chi connectivity index (χ0) is 19.4. The lowest BCUT2D eigenvalue weighted by molar-refractivity contribution is 0.0962. The van der Waals surface area contributed by atoms with Gasteiger partial charge < -0.3 is 0 Å². The number of carbonyl (C=O) groups is 1. The van der Waals surface area contributed by atoms with Gasteiger partial charge in [0.15, 0.2) is 5.78 Å². The van der Waals surface area contributed by atoms with E-state index < -0.39 is 0 Å². The summed E-state index contributed by atoms with van der Waals surface area (Å²) in [5.41, 5.74) is 7.08. The molecule has 0 unspecified atom stereocenters. The number of Topliss-reactive ketones (excluding diaryl/α,β-unsaturated/α-hetero) is 1. The van der Waals surface area contributed by atoms with E-state index in [1.54, 1.807) is 0 Å². The number of aromatic nitrogens is 3. The predicted octanol–water partition coefficient (Wildman–Crippen LogP) is 5.23. The van der Waals surface area contributed by atoms with Gasteiger partial charge in [0.25, 0.3) is 0 Å². The summed E-state index contributed by atoms with van der Waals surface area (Å²) >= 11 is 0. The van der Waals surface area contributed by atoms with Crippen LogP contribution in [0.4, 0.5) is 0 Å². The Morgan fingerprint density at radius 1 is 1.00 bits per heavy atom. The lowest BCUT2D eigenvalue weighted by Crippen LogP contribution is -2.23. The molecule has 0 fully saturated rings. The van der Waals surface area contributed by atoms with Crippen LogP contribution in [0.2, 0.25) is 0 Å². The first-order valence-corrected chi connectivity index (χ1v) is 9.92. The molecule has 0 aliphatic heterocycles. The molecule has 4 heteroatoms. The Morgan fingerprint density at radius 2 is 1.75 bits per heavy atom. The Morgan fingerprint density at radius 3 is 2.50 bits per heavy atom. The predicted molar refractivity (Wildman–Crippen MR) is 111 cm³/mol. The standard InChI is InChI=1S/C24H23N3O/c1-14(2)16-8-10-17(11-9-16)18-12-20-23(22(28)13-18)15(3)27-21-7-5-4-6-19(21)25-24(27)26-20/h4-11,14,18H,12-13H2,1-3H3/t18-/m1/s1. The number of benzene rings is 2. The maximum Gasteiger partial charge on any atom is 0.235 e. The second kappa shape index (κ2) is 6.26. The molecule has 1 aliphatic rings. The first kappa shape index (κ1) is 17.1. The molecule has 0 bridgehead atoms. The quantitative estimate of drug-likeness (QED) is 0.486. The number of hydrogen-bond acceptors (Lipinski definition) is 3. The van der Waals surface area contributed by atoms with E-state index in [0.717, 1.165) is 34.4 Å². The van der Waals surface area contributed by atoms with Crippen LogP contribution < -0.4 is 0 Å². The molecule has 5 rings (SSSR count). The number of para-hydroxylation sites is 2. The van der Waals surface area contributed by atoms with E-state index in [1.807, 2.05) is 35.6 Å². The molecular formula is C24H23N3O. The number of ketones is 1. The average Bonchev–Trinajstić information content (AvgIpc) is 3.06. The van der Waals surface area contributed by atoms with Crippen LogP contribution in [0.3, 0.4) is 0 Å². The maximum atomic E-state index is 13.1. The SMILES string of the molecule is Cc1c2c(nc3nc4ccccc4n13)C[C@@H](c1ccc(C(C)C)cc1)CC2=O. The van der Waals surface area contributed by atoms with E-state index in [-0.39, 0.29) is 11.7 Å². The van der Waals surface area contributed by atoms with Crippen molar-refractivity contribution >= 4 is 22.6 Å². The number of carbonyl (C=O) groups excluding carboxylic acids is 1. The normalized spacial score (nSPS) is 16.9. The summed E-state index contributed by atoms with van der Waals surface area (Å²) in [5.74, 6) is 1.56. The minimum Gasteiger partial charge on any atom is -0.294 e.